The van der Waals surface area contributed by atoms with Crippen molar-refractivity contribution in [3.8, 4) is 0 Å². The molecule has 2 amide bonds. The third kappa shape index (κ3) is 1.92. The number of carbonyl (C=O) groups is 2. The fourth-order valence-corrected chi connectivity index (χ4v) is 4.81. The lowest BCUT2D eigenvalue weighted by Gasteiger charge is -2.30. The minimum absolute atomic E-state index is 0.0633. The maximum Gasteiger partial charge on any atom is 0.243 e. The van der Waals surface area contributed by atoms with E-state index in [9.17, 15) is 9.59 Å². The van der Waals surface area contributed by atoms with Crippen LogP contribution >= 0.6 is 11.8 Å². The van der Waals surface area contributed by atoms with Gasteiger partial charge in [-0.05, 0) is 26.2 Å². The molecule has 18 heavy (non-hydrogen) atoms. The second-order valence-corrected chi connectivity index (χ2v) is 7.26. The van der Waals surface area contributed by atoms with E-state index in [0.29, 0.717) is 12.5 Å². The Morgan fingerprint density at radius 2 is 2.17 bits per heavy atom. The van der Waals surface area contributed by atoms with Crippen LogP contribution in [0.1, 0.15) is 45.4 Å². The van der Waals surface area contributed by atoms with Crippen molar-refractivity contribution in [2.75, 3.05) is 5.75 Å². The highest BCUT2D eigenvalue weighted by molar-refractivity contribution is 8.01. The van der Waals surface area contributed by atoms with E-state index in [1.54, 1.807) is 11.8 Å². The van der Waals surface area contributed by atoms with Crippen molar-refractivity contribution in [2.45, 2.75) is 62.4 Å². The second-order valence-electron chi connectivity index (χ2n) is 5.76. The summed E-state index contributed by atoms with van der Waals surface area (Å²) in [6, 6.07) is 0.0997. The Morgan fingerprint density at radius 3 is 2.89 bits per heavy atom. The van der Waals surface area contributed by atoms with Crippen LogP contribution in [0.2, 0.25) is 0 Å². The summed E-state index contributed by atoms with van der Waals surface area (Å²) in [6.45, 7) is 2.09. The third-order valence-corrected chi connectivity index (χ3v) is 5.95. The summed E-state index contributed by atoms with van der Waals surface area (Å²) >= 11 is 1.76. The Hall–Kier alpha value is -0.710. The summed E-state index contributed by atoms with van der Waals surface area (Å²) in [7, 11) is 0. The van der Waals surface area contributed by atoms with Crippen LogP contribution in [-0.4, -0.2) is 39.4 Å². The standard InChI is InChI=1S/C13H20N2O2S/c1-13-7-6-11(16)15(13)10(8-18-13)12(17)14-9-4-2-3-5-9/h9-10H,2-8H2,1H3,(H,14,17)/t10-,13+/m1/s1. The molecule has 2 saturated heterocycles. The molecule has 0 spiro atoms. The van der Waals surface area contributed by atoms with E-state index < -0.39 is 0 Å². The molecule has 0 aromatic rings. The van der Waals surface area contributed by atoms with Crippen molar-refractivity contribution < 1.29 is 9.59 Å². The van der Waals surface area contributed by atoms with Gasteiger partial charge >= 0.3 is 0 Å². The number of amides is 2. The minimum atomic E-state index is -0.240. The number of carbonyl (C=O) groups excluding carboxylic acids is 2. The molecule has 3 aliphatic rings. The molecule has 2 heterocycles. The fraction of sp³-hybridized carbons (Fsp3) is 0.846. The number of nitrogens with one attached hydrogen (secondary N) is 1. The highest BCUT2D eigenvalue weighted by Gasteiger charge is 2.53. The second kappa shape index (κ2) is 4.44. The van der Waals surface area contributed by atoms with Gasteiger partial charge in [-0.1, -0.05) is 12.8 Å². The molecule has 1 saturated carbocycles. The van der Waals surface area contributed by atoms with Gasteiger partial charge in [0.2, 0.25) is 11.8 Å². The van der Waals surface area contributed by atoms with Crippen LogP contribution in [-0.2, 0) is 9.59 Å². The van der Waals surface area contributed by atoms with Crippen LogP contribution in [0.15, 0.2) is 0 Å². The molecule has 0 unspecified atom stereocenters. The lowest BCUT2D eigenvalue weighted by molar-refractivity contribution is -0.138. The van der Waals surface area contributed by atoms with E-state index in [0.717, 1.165) is 25.0 Å². The molecule has 100 valence electrons. The molecule has 0 aromatic heterocycles. The van der Waals surface area contributed by atoms with E-state index >= 15 is 0 Å². The highest BCUT2D eigenvalue weighted by atomic mass is 32.2. The fourth-order valence-electron chi connectivity index (χ4n) is 3.38. The zero-order valence-corrected chi connectivity index (χ0v) is 11.6. The predicted octanol–water partition coefficient (Wildman–Crippen LogP) is 1.50. The lowest BCUT2D eigenvalue weighted by atomic mass is 10.2. The number of rotatable bonds is 2. The molecule has 4 nitrogen and oxygen atoms in total. The van der Waals surface area contributed by atoms with Gasteiger partial charge in [0.15, 0.2) is 0 Å². The molecule has 3 rings (SSSR count). The van der Waals surface area contributed by atoms with Gasteiger partial charge in [0.25, 0.3) is 0 Å². The summed E-state index contributed by atoms with van der Waals surface area (Å²) in [5.41, 5.74) is 0. The van der Waals surface area contributed by atoms with E-state index in [1.807, 2.05) is 4.90 Å². The third-order valence-electron chi connectivity index (χ3n) is 4.45. The molecule has 0 radical (unpaired) electrons. The van der Waals surface area contributed by atoms with Crippen LogP contribution < -0.4 is 5.32 Å². The summed E-state index contributed by atoms with van der Waals surface area (Å²) in [5, 5.41) is 3.13. The average Bonchev–Trinajstić information content (AvgIpc) is 2.99. The largest absolute Gasteiger partial charge is 0.352 e. The van der Waals surface area contributed by atoms with Gasteiger partial charge in [-0.3, -0.25) is 9.59 Å². The van der Waals surface area contributed by atoms with E-state index in [4.69, 9.17) is 0 Å². The summed E-state index contributed by atoms with van der Waals surface area (Å²) in [6.07, 6.45) is 6.09. The summed E-state index contributed by atoms with van der Waals surface area (Å²) in [4.78, 5) is 26.0. The number of fused-ring (bicyclic) bond motifs is 1. The number of nitrogens with zero attached hydrogens (tertiary/aromatic N) is 1. The van der Waals surface area contributed by atoms with Crippen LogP contribution in [0.5, 0.6) is 0 Å². The highest BCUT2D eigenvalue weighted by Crippen LogP contribution is 2.47. The number of hydrogen-bond donors (Lipinski definition) is 1. The van der Waals surface area contributed by atoms with Gasteiger partial charge in [-0.25, -0.2) is 0 Å². The summed E-state index contributed by atoms with van der Waals surface area (Å²) in [5.74, 6) is 0.961. The van der Waals surface area contributed by atoms with Crippen LogP contribution in [0.4, 0.5) is 0 Å². The maximum absolute atomic E-state index is 12.3. The van der Waals surface area contributed by atoms with E-state index in [1.165, 1.54) is 12.8 Å². The van der Waals surface area contributed by atoms with Gasteiger partial charge in [-0.2, -0.15) is 0 Å². The Bertz CT molecular complexity index is 381. The Kier molecular flexibility index (Phi) is 3.04. The molecule has 1 aliphatic carbocycles. The Labute approximate surface area is 112 Å². The molecular formula is C13H20N2O2S. The minimum Gasteiger partial charge on any atom is -0.352 e. The molecule has 2 atom stereocenters. The Morgan fingerprint density at radius 1 is 1.44 bits per heavy atom. The zero-order chi connectivity index (χ0) is 12.8. The molecule has 5 heteroatoms. The number of thioether (sulfide) groups is 1. The number of hydrogen-bond acceptors (Lipinski definition) is 3. The molecule has 0 aromatic carbocycles. The van der Waals surface area contributed by atoms with Gasteiger partial charge in [-0.15, -0.1) is 11.8 Å². The first kappa shape index (κ1) is 12.3. The quantitative estimate of drug-likeness (QED) is 0.825. The topological polar surface area (TPSA) is 49.4 Å². The van der Waals surface area contributed by atoms with Crippen molar-refractivity contribution in [3.63, 3.8) is 0 Å². The van der Waals surface area contributed by atoms with Gasteiger partial charge < -0.3 is 10.2 Å². The normalized spacial score (nSPS) is 36.2. The van der Waals surface area contributed by atoms with Crippen molar-refractivity contribution in [1.82, 2.24) is 10.2 Å². The molecular weight excluding hydrogens is 248 g/mol. The lowest BCUT2D eigenvalue weighted by Crippen LogP contribution is -2.51. The first-order chi connectivity index (χ1) is 8.60. The van der Waals surface area contributed by atoms with Crippen molar-refractivity contribution >= 4 is 23.6 Å². The average molecular weight is 268 g/mol. The monoisotopic (exact) mass is 268 g/mol. The maximum atomic E-state index is 12.3. The SMILES string of the molecule is C[C@]12CCC(=O)N1[C@@H](C(=O)NC1CCCC1)CS2. The van der Waals surface area contributed by atoms with Crippen molar-refractivity contribution in [2.24, 2.45) is 0 Å². The molecule has 3 fully saturated rings. The van der Waals surface area contributed by atoms with Gasteiger partial charge in [0, 0.05) is 18.2 Å². The molecule has 1 N–H and O–H groups in total. The van der Waals surface area contributed by atoms with Crippen LogP contribution in [0.3, 0.4) is 0 Å². The summed E-state index contributed by atoms with van der Waals surface area (Å²) < 4.78 is 0. The predicted molar refractivity (Wildman–Crippen MR) is 71.1 cm³/mol. The van der Waals surface area contributed by atoms with E-state index in [-0.39, 0.29) is 22.7 Å². The Balaban J connectivity index is 1.68. The molecule has 2 aliphatic heterocycles. The smallest absolute Gasteiger partial charge is 0.243 e. The first-order valence-corrected chi connectivity index (χ1v) is 7.85. The van der Waals surface area contributed by atoms with Crippen LogP contribution in [0.25, 0.3) is 0 Å². The van der Waals surface area contributed by atoms with Crippen LogP contribution in [0, 0.1) is 0 Å². The van der Waals surface area contributed by atoms with Crippen molar-refractivity contribution in [1.29, 1.82) is 0 Å². The van der Waals surface area contributed by atoms with Crippen molar-refractivity contribution in [3.05, 3.63) is 0 Å². The zero-order valence-electron chi connectivity index (χ0n) is 10.8. The van der Waals surface area contributed by atoms with E-state index in [2.05, 4.69) is 12.2 Å². The first-order valence-electron chi connectivity index (χ1n) is 6.87. The molecule has 0 bridgehead atoms. The van der Waals surface area contributed by atoms with Gasteiger partial charge in [0.05, 0.1) is 4.87 Å². The van der Waals surface area contributed by atoms with Gasteiger partial charge in [0.1, 0.15) is 6.04 Å².